The number of nitriles is 1. The molecule has 2 heterocycles. The highest BCUT2D eigenvalue weighted by Crippen LogP contribution is 2.20. The van der Waals surface area contributed by atoms with Crippen LogP contribution in [0.1, 0.15) is 5.56 Å². The fourth-order valence-electron chi connectivity index (χ4n) is 2.67. The van der Waals surface area contributed by atoms with Gasteiger partial charge in [0.25, 0.3) is 0 Å². The van der Waals surface area contributed by atoms with Crippen LogP contribution < -0.4 is 4.90 Å². The molecule has 6 heteroatoms. The van der Waals surface area contributed by atoms with E-state index in [4.69, 9.17) is 5.26 Å². The Balaban J connectivity index is 1.51. The molecule has 1 aromatic carbocycles. The van der Waals surface area contributed by atoms with Crippen molar-refractivity contribution in [2.45, 2.75) is 5.03 Å². The molecule has 5 nitrogen and oxygen atoms in total. The number of thioether (sulfide) groups is 1. The lowest BCUT2D eigenvalue weighted by Gasteiger charge is -2.36. The van der Waals surface area contributed by atoms with E-state index in [2.05, 4.69) is 28.1 Å². The third kappa shape index (κ3) is 3.87. The molecule has 24 heavy (non-hydrogen) atoms. The molecule has 0 saturated carbocycles. The molecule has 1 aromatic heterocycles. The van der Waals surface area contributed by atoms with E-state index in [0.717, 1.165) is 26.2 Å². The third-order valence-electron chi connectivity index (χ3n) is 3.98. The largest absolute Gasteiger partial charge is 0.368 e. The van der Waals surface area contributed by atoms with Crippen LogP contribution in [-0.4, -0.2) is 47.7 Å². The first-order valence-electron chi connectivity index (χ1n) is 7.83. The molecule has 0 radical (unpaired) electrons. The molecule has 0 spiro atoms. The monoisotopic (exact) mass is 338 g/mol. The molecule has 0 aliphatic carbocycles. The topological polar surface area (TPSA) is 60.2 Å². The van der Waals surface area contributed by atoms with Crippen molar-refractivity contribution >= 4 is 23.4 Å². The molecule has 0 bridgehead atoms. The van der Waals surface area contributed by atoms with Gasteiger partial charge in [0.05, 0.1) is 11.3 Å². The van der Waals surface area contributed by atoms with Crippen LogP contribution in [0.4, 0.5) is 5.69 Å². The normalized spacial score (nSPS) is 14.3. The van der Waals surface area contributed by atoms with Crippen molar-refractivity contribution in [3.05, 3.63) is 54.2 Å². The van der Waals surface area contributed by atoms with E-state index in [1.54, 1.807) is 18.3 Å². The van der Waals surface area contributed by atoms with E-state index >= 15 is 0 Å². The van der Waals surface area contributed by atoms with Gasteiger partial charge in [0.15, 0.2) is 0 Å². The van der Waals surface area contributed by atoms with Crippen molar-refractivity contribution in [2.24, 2.45) is 0 Å². The Kier molecular flexibility index (Phi) is 5.34. The quantitative estimate of drug-likeness (QED) is 0.801. The minimum absolute atomic E-state index is 0.0993. The third-order valence-corrected chi connectivity index (χ3v) is 4.97. The first-order chi connectivity index (χ1) is 11.8. The number of pyridine rings is 1. The first kappa shape index (κ1) is 16.3. The summed E-state index contributed by atoms with van der Waals surface area (Å²) in [6.45, 7) is 3.13. The van der Waals surface area contributed by atoms with Gasteiger partial charge < -0.3 is 9.80 Å². The maximum atomic E-state index is 12.4. The molecule has 3 rings (SSSR count). The van der Waals surface area contributed by atoms with Crippen molar-refractivity contribution in [1.82, 2.24) is 9.88 Å². The Morgan fingerprint density at radius 3 is 2.58 bits per heavy atom. The fraction of sp³-hybridized carbons (Fsp3) is 0.278. The number of para-hydroxylation sites is 1. The van der Waals surface area contributed by atoms with Crippen LogP contribution in [0, 0.1) is 11.3 Å². The predicted molar refractivity (Wildman–Crippen MR) is 94.9 cm³/mol. The van der Waals surface area contributed by atoms with Gasteiger partial charge in [-0.1, -0.05) is 30.0 Å². The summed E-state index contributed by atoms with van der Waals surface area (Å²) >= 11 is 1.33. The molecule has 122 valence electrons. The highest BCUT2D eigenvalue weighted by atomic mass is 32.2. The van der Waals surface area contributed by atoms with Crippen LogP contribution in [0.2, 0.25) is 0 Å². The number of carbonyl (C=O) groups excluding carboxylic acids is 1. The van der Waals surface area contributed by atoms with Crippen LogP contribution in [0.15, 0.2) is 53.7 Å². The van der Waals surface area contributed by atoms with Crippen molar-refractivity contribution in [2.75, 3.05) is 36.8 Å². The van der Waals surface area contributed by atoms with Gasteiger partial charge in [-0.25, -0.2) is 4.98 Å². The van der Waals surface area contributed by atoms with Gasteiger partial charge in [-0.05, 0) is 24.3 Å². The second-order valence-corrected chi connectivity index (χ2v) is 6.42. The zero-order valence-corrected chi connectivity index (χ0v) is 14.1. The number of amides is 1. The Morgan fingerprint density at radius 1 is 1.12 bits per heavy atom. The molecule has 0 unspecified atom stereocenters. The Bertz CT molecular complexity index is 736. The molecule has 1 fully saturated rings. The molecule has 1 saturated heterocycles. The summed E-state index contributed by atoms with van der Waals surface area (Å²) in [6.07, 6.45) is 1.65. The first-order valence-corrected chi connectivity index (χ1v) is 8.82. The number of aromatic nitrogens is 1. The summed E-state index contributed by atoms with van der Waals surface area (Å²) in [5.41, 5.74) is 1.72. The van der Waals surface area contributed by atoms with Gasteiger partial charge in [-0.2, -0.15) is 5.26 Å². The van der Waals surface area contributed by atoms with Crippen LogP contribution in [0.3, 0.4) is 0 Å². The average molecular weight is 338 g/mol. The Morgan fingerprint density at radius 2 is 1.88 bits per heavy atom. The number of hydrogen-bond donors (Lipinski definition) is 0. The fourth-order valence-corrected chi connectivity index (χ4v) is 3.51. The molecular weight excluding hydrogens is 320 g/mol. The zero-order chi connectivity index (χ0) is 16.8. The predicted octanol–water partition coefficient (Wildman–Crippen LogP) is 2.39. The molecule has 2 aromatic rings. The number of carbonyl (C=O) groups is 1. The van der Waals surface area contributed by atoms with E-state index in [1.165, 1.54) is 17.4 Å². The molecule has 1 aliphatic heterocycles. The zero-order valence-electron chi connectivity index (χ0n) is 13.3. The lowest BCUT2D eigenvalue weighted by Crippen LogP contribution is -2.49. The van der Waals surface area contributed by atoms with Crippen LogP contribution in [0.5, 0.6) is 0 Å². The maximum Gasteiger partial charge on any atom is 0.233 e. The standard InChI is InChI=1S/C18H18N4OS/c19-13-15-5-4-8-20-18(15)24-14-17(23)22-11-9-21(10-12-22)16-6-2-1-3-7-16/h1-8H,9-12,14H2. The molecular formula is C18H18N4OS. The van der Waals surface area contributed by atoms with E-state index in [-0.39, 0.29) is 5.91 Å². The van der Waals surface area contributed by atoms with Crippen molar-refractivity contribution < 1.29 is 4.79 Å². The van der Waals surface area contributed by atoms with Crippen molar-refractivity contribution in [3.63, 3.8) is 0 Å². The van der Waals surface area contributed by atoms with E-state index in [9.17, 15) is 4.79 Å². The van der Waals surface area contributed by atoms with Gasteiger partial charge in [-0.3, -0.25) is 4.79 Å². The van der Waals surface area contributed by atoms with Gasteiger partial charge >= 0.3 is 0 Å². The second kappa shape index (κ2) is 7.84. The number of hydrogen-bond acceptors (Lipinski definition) is 5. The van der Waals surface area contributed by atoms with Gasteiger partial charge in [0.1, 0.15) is 11.1 Å². The van der Waals surface area contributed by atoms with E-state index in [0.29, 0.717) is 16.3 Å². The summed E-state index contributed by atoms with van der Waals surface area (Å²) in [4.78, 5) is 20.8. The highest BCUT2D eigenvalue weighted by Gasteiger charge is 2.21. The molecule has 0 atom stereocenters. The summed E-state index contributed by atoms with van der Waals surface area (Å²) in [7, 11) is 0. The number of anilines is 1. The SMILES string of the molecule is N#Cc1cccnc1SCC(=O)N1CCN(c2ccccc2)CC1. The smallest absolute Gasteiger partial charge is 0.233 e. The second-order valence-electron chi connectivity index (χ2n) is 5.46. The summed E-state index contributed by atoms with van der Waals surface area (Å²) in [5.74, 6) is 0.416. The number of piperazine rings is 1. The lowest BCUT2D eigenvalue weighted by atomic mass is 10.2. The van der Waals surface area contributed by atoms with Crippen molar-refractivity contribution in [3.8, 4) is 6.07 Å². The highest BCUT2D eigenvalue weighted by molar-refractivity contribution is 7.99. The van der Waals surface area contributed by atoms with Gasteiger partial charge in [0.2, 0.25) is 5.91 Å². The summed E-state index contributed by atoms with van der Waals surface area (Å²) in [5, 5.41) is 9.69. The van der Waals surface area contributed by atoms with Gasteiger partial charge in [0, 0.05) is 38.1 Å². The minimum atomic E-state index is 0.0993. The molecule has 0 N–H and O–H groups in total. The van der Waals surface area contributed by atoms with Crippen molar-refractivity contribution in [1.29, 1.82) is 5.26 Å². The van der Waals surface area contributed by atoms with Gasteiger partial charge in [-0.15, -0.1) is 0 Å². The summed E-state index contributed by atoms with van der Waals surface area (Å²) in [6, 6.07) is 15.8. The lowest BCUT2D eigenvalue weighted by molar-refractivity contribution is -0.128. The summed E-state index contributed by atoms with van der Waals surface area (Å²) < 4.78 is 0. The van der Waals surface area contributed by atoms with E-state index < -0.39 is 0 Å². The average Bonchev–Trinajstić information content (AvgIpc) is 2.67. The van der Waals surface area contributed by atoms with E-state index in [1.807, 2.05) is 23.1 Å². The maximum absolute atomic E-state index is 12.4. The van der Waals surface area contributed by atoms with Crippen LogP contribution in [0.25, 0.3) is 0 Å². The van der Waals surface area contributed by atoms with Crippen LogP contribution >= 0.6 is 11.8 Å². The minimum Gasteiger partial charge on any atom is -0.368 e. The van der Waals surface area contributed by atoms with Crippen LogP contribution in [-0.2, 0) is 4.79 Å². The Labute approximate surface area is 145 Å². The Hall–Kier alpha value is -2.52. The number of rotatable bonds is 4. The molecule has 1 aliphatic rings. The number of nitrogens with zero attached hydrogens (tertiary/aromatic N) is 4. The number of benzene rings is 1. The molecule has 1 amide bonds.